The van der Waals surface area contributed by atoms with Crippen LogP contribution in [0.4, 0.5) is 0 Å². The Balaban J connectivity index is 2.31. The van der Waals surface area contributed by atoms with Crippen LogP contribution in [0.5, 0.6) is 5.75 Å². The summed E-state index contributed by atoms with van der Waals surface area (Å²) in [7, 11) is 1.66. The van der Waals surface area contributed by atoms with Crippen LogP contribution < -0.4 is 4.74 Å². The van der Waals surface area contributed by atoms with Crippen LogP contribution in [0.2, 0.25) is 0 Å². The number of carbonyl (C=O) groups is 1. The predicted molar refractivity (Wildman–Crippen MR) is 54.7 cm³/mol. The molecule has 0 bridgehead atoms. The molecule has 1 saturated carbocycles. The van der Waals surface area contributed by atoms with Crippen molar-refractivity contribution in [3.8, 4) is 5.75 Å². The molecule has 0 aromatic heterocycles. The van der Waals surface area contributed by atoms with Gasteiger partial charge in [-0.25, -0.2) is 0 Å². The van der Waals surface area contributed by atoms with Gasteiger partial charge in [-0.05, 0) is 30.5 Å². The maximum atomic E-state index is 11.3. The Kier molecular flexibility index (Phi) is 2.28. The molecule has 14 heavy (non-hydrogen) atoms. The largest absolute Gasteiger partial charge is 0.496 e. The second kappa shape index (κ2) is 3.45. The summed E-state index contributed by atoms with van der Waals surface area (Å²) in [4.78, 5) is 11.3. The van der Waals surface area contributed by atoms with Crippen molar-refractivity contribution < 1.29 is 9.53 Å². The summed E-state index contributed by atoms with van der Waals surface area (Å²) in [5.74, 6) is 1.36. The van der Waals surface area contributed by atoms with Crippen LogP contribution >= 0.6 is 0 Å². The summed E-state index contributed by atoms with van der Waals surface area (Å²) in [6.07, 6.45) is 1.73. The minimum Gasteiger partial charge on any atom is -0.496 e. The fourth-order valence-electron chi connectivity index (χ4n) is 1.81. The van der Waals surface area contributed by atoms with Gasteiger partial charge in [-0.1, -0.05) is 12.1 Å². The van der Waals surface area contributed by atoms with E-state index in [2.05, 4.69) is 0 Å². The number of aryl methyl sites for hydroxylation is 1. The first kappa shape index (κ1) is 9.25. The van der Waals surface area contributed by atoms with Crippen LogP contribution in [-0.2, 0) is 4.79 Å². The molecular formula is C12H14O2. The minimum absolute atomic E-state index is 0.129. The van der Waals surface area contributed by atoms with Gasteiger partial charge in [0.25, 0.3) is 0 Å². The third-order valence-electron chi connectivity index (χ3n) is 2.90. The fraction of sp³-hybridized carbons (Fsp3) is 0.417. The van der Waals surface area contributed by atoms with Crippen molar-refractivity contribution in [1.29, 1.82) is 0 Å². The highest BCUT2D eigenvalue weighted by molar-refractivity contribution is 5.91. The summed E-state index contributed by atoms with van der Waals surface area (Å²) in [6.45, 7) is 2.01. The number of ketones is 1. The molecule has 1 unspecified atom stereocenters. The van der Waals surface area contributed by atoms with Crippen LogP contribution in [0.3, 0.4) is 0 Å². The van der Waals surface area contributed by atoms with E-state index in [0.717, 1.165) is 29.7 Å². The number of hydrogen-bond donors (Lipinski definition) is 0. The fourth-order valence-corrected chi connectivity index (χ4v) is 1.81. The van der Waals surface area contributed by atoms with Gasteiger partial charge in [0.15, 0.2) is 0 Å². The lowest BCUT2D eigenvalue weighted by Crippen LogP contribution is -2.23. The van der Waals surface area contributed by atoms with Crippen molar-refractivity contribution in [2.24, 2.45) is 0 Å². The zero-order chi connectivity index (χ0) is 10.1. The molecule has 2 nitrogen and oxygen atoms in total. The van der Waals surface area contributed by atoms with Gasteiger partial charge in [0.2, 0.25) is 0 Å². The number of Topliss-reactive ketones (excluding diaryl/α,β-unsaturated/α-hetero) is 1. The van der Waals surface area contributed by atoms with E-state index in [1.807, 2.05) is 25.1 Å². The van der Waals surface area contributed by atoms with Crippen LogP contribution in [0.15, 0.2) is 18.2 Å². The molecule has 1 aromatic rings. The lowest BCUT2D eigenvalue weighted by molar-refractivity contribution is -0.125. The van der Waals surface area contributed by atoms with Gasteiger partial charge in [-0.15, -0.1) is 0 Å². The third kappa shape index (κ3) is 1.41. The van der Waals surface area contributed by atoms with E-state index in [4.69, 9.17) is 4.74 Å². The van der Waals surface area contributed by atoms with E-state index < -0.39 is 0 Å². The highest BCUT2D eigenvalue weighted by Crippen LogP contribution is 2.35. The second-order valence-corrected chi connectivity index (χ2v) is 3.79. The Labute approximate surface area is 83.9 Å². The zero-order valence-corrected chi connectivity index (χ0v) is 8.54. The Morgan fingerprint density at radius 2 is 2.21 bits per heavy atom. The van der Waals surface area contributed by atoms with E-state index in [9.17, 15) is 4.79 Å². The van der Waals surface area contributed by atoms with Crippen LogP contribution in [0.25, 0.3) is 0 Å². The molecule has 1 atom stereocenters. The molecule has 74 valence electrons. The number of methoxy groups -OCH3 is 1. The Hall–Kier alpha value is -1.31. The van der Waals surface area contributed by atoms with E-state index >= 15 is 0 Å². The number of carbonyl (C=O) groups excluding carboxylic acids is 1. The van der Waals surface area contributed by atoms with Gasteiger partial charge in [-0.3, -0.25) is 4.79 Å². The first-order valence-electron chi connectivity index (χ1n) is 4.89. The predicted octanol–water partition coefficient (Wildman–Crippen LogP) is 2.45. The van der Waals surface area contributed by atoms with Gasteiger partial charge in [0.1, 0.15) is 11.5 Å². The topological polar surface area (TPSA) is 26.3 Å². The number of ether oxygens (including phenoxy) is 1. The summed E-state index contributed by atoms with van der Waals surface area (Å²) < 4.78 is 5.23. The molecular weight excluding hydrogens is 176 g/mol. The molecule has 0 aliphatic heterocycles. The quantitative estimate of drug-likeness (QED) is 0.716. The van der Waals surface area contributed by atoms with E-state index in [-0.39, 0.29) is 5.92 Å². The highest BCUT2D eigenvalue weighted by atomic mass is 16.5. The minimum atomic E-state index is 0.129. The molecule has 0 N–H and O–H groups in total. The van der Waals surface area contributed by atoms with Crippen molar-refractivity contribution in [3.63, 3.8) is 0 Å². The van der Waals surface area contributed by atoms with Crippen LogP contribution in [0, 0.1) is 6.92 Å². The van der Waals surface area contributed by atoms with Crippen LogP contribution in [-0.4, -0.2) is 12.9 Å². The van der Waals surface area contributed by atoms with E-state index in [1.165, 1.54) is 0 Å². The molecule has 0 radical (unpaired) electrons. The second-order valence-electron chi connectivity index (χ2n) is 3.79. The molecule has 0 amide bonds. The molecule has 1 aliphatic rings. The van der Waals surface area contributed by atoms with Crippen molar-refractivity contribution in [2.45, 2.75) is 25.7 Å². The average molecular weight is 190 g/mol. The van der Waals surface area contributed by atoms with Crippen molar-refractivity contribution in [3.05, 3.63) is 29.3 Å². The van der Waals surface area contributed by atoms with Crippen LogP contribution in [0.1, 0.15) is 29.9 Å². The highest BCUT2D eigenvalue weighted by Gasteiger charge is 2.29. The molecule has 1 fully saturated rings. The molecule has 0 saturated heterocycles. The smallest absolute Gasteiger partial charge is 0.140 e. The first-order valence-corrected chi connectivity index (χ1v) is 4.89. The molecule has 0 spiro atoms. The maximum Gasteiger partial charge on any atom is 0.140 e. The number of benzene rings is 1. The SMILES string of the molecule is COc1cc(C2CCC2=O)ccc1C. The number of hydrogen-bond acceptors (Lipinski definition) is 2. The van der Waals surface area contributed by atoms with E-state index in [0.29, 0.717) is 5.78 Å². The summed E-state index contributed by atoms with van der Waals surface area (Å²) in [5.41, 5.74) is 2.21. The third-order valence-corrected chi connectivity index (χ3v) is 2.90. The number of rotatable bonds is 2. The van der Waals surface area contributed by atoms with Gasteiger partial charge < -0.3 is 4.74 Å². The normalized spacial score (nSPS) is 20.4. The Morgan fingerprint density at radius 3 is 2.71 bits per heavy atom. The zero-order valence-electron chi connectivity index (χ0n) is 8.54. The molecule has 2 rings (SSSR count). The lowest BCUT2D eigenvalue weighted by Gasteiger charge is -2.24. The molecule has 2 heteroatoms. The van der Waals surface area contributed by atoms with Gasteiger partial charge in [-0.2, -0.15) is 0 Å². The maximum absolute atomic E-state index is 11.3. The molecule has 1 aliphatic carbocycles. The average Bonchev–Trinajstić information content (AvgIpc) is 2.18. The van der Waals surface area contributed by atoms with Crippen molar-refractivity contribution >= 4 is 5.78 Å². The first-order chi connectivity index (χ1) is 6.72. The van der Waals surface area contributed by atoms with Crippen molar-refractivity contribution in [1.82, 2.24) is 0 Å². The van der Waals surface area contributed by atoms with Gasteiger partial charge in [0.05, 0.1) is 7.11 Å². The Bertz CT molecular complexity index is 369. The van der Waals surface area contributed by atoms with Crippen molar-refractivity contribution in [2.75, 3.05) is 7.11 Å². The van der Waals surface area contributed by atoms with Gasteiger partial charge in [0, 0.05) is 12.3 Å². The summed E-state index contributed by atoms with van der Waals surface area (Å²) in [6, 6.07) is 6.02. The molecule has 1 aromatic carbocycles. The summed E-state index contributed by atoms with van der Waals surface area (Å²) >= 11 is 0. The Morgan fingerprint density at radius 1 is 1.43 bits per heavy atom. The standard InChI is InChI=1S/C12H14O2/c1-8-3-4-9(7-12(8)14-2)10-5-6-11(10)13/h3-4,7,10H,5-6H2,1-2H3. The lowest BCUT2D eigenvalue weighted by atomic mass is 9.78. The van der Waals surface area contributed by atoms with Gasteiger partial charge >= 0.3 is 0 Å². The summed E-state index contributed by atoms with van der Waals surface area (Å²) in [5, 5.41) is 0. The molecule has 0 heterocycles. The monoisotopic (exact) mass is 190 g/mol. The van der Waals surface area contributed by atoms with E-state index in [1.54, 1.807) is 7.11 Å².